The van der Waals surface area contributed by atoms with E-state index in [-0.39, 0.29) is 11.9 Å². The highest BCUT2D eigenvalue weighted by atomic mass is 16.5. The van der Waals surface area contributed by atoms with Crippen LogP contribution < -0.4 is 15.4 Å². The molecule has 0 unspecified atom stereocenters. The molecule has 0 aromatic heterocycles. The third-order valence-electron chi connectivity index (χ3n) is 3.00. The number of nitrogens with one attached hydrogen (secondary N) is 2. The van der Waals surface area contributed by atoms with Crippen LogP contribution in [0.2, 0.25) is 0 Å². The van der Waals surface area contributed by atoms with Gasteiger partial charge in [-0.1, -0.05) is 11.6 Å². The van der Waals surface area contributed by atoms with Gasteiger partial charge in [0.2, 0.25) is 0 Å². The first-order valence-electron chi connectivity index (χ1n) is 5.87. The Morgan fingerprint density at radius 2 is 2.35 bits per heavy atom. The van der Waals surface area contributed by atoms with E-state index < -0.39 is 0 Å². The maximum absolute atomic E-state index is 12.1. The molecule has 1 amide bonds. The van der Waals surface area contributed by atoms with E-state index in [0.29, 0.717) is 11.3 Å². The van der Waals surface area contributed by atoms with Gasteiger partial charge < -0.3 is 15.4 Å². The normalized spacial score (nSPS) is 19.1. The summed E-state index contributed by atoms with van der Waals surface area (Å²) in [4.78, 5) is 12.1. The molecule has 1 aliphatic heterocycles. The summed E-state index contributed by atoms with van der Waals surface area (Å²) in [6, 6.07) is 5.85. The molecule has 1 saturated heterocycles. The summed E-state index contributed by atoms with van der Waals surface area (Å²) in [5.74, 6) is 0.568. The highest BCUT2D eigenvalue weighted by Gasteiger charge is 2.19. The summed E-state index contributed by atoms with van der Waals surface area (Å²) in [6.07, 6.45) is 0.986. The molecule has 1 aliphatic rings. The van der Waals surface area contributed by atoms with E-state index in [0.717, 1.165) is 25.1 Å². The van der Waals surface area contributed by atoms with Crippen LogP contribution in [0.5, 0.6) is 5.75 Å². The predicted molar refractivity (Wildman–Crippen MR) is 66.5 cm³/mol. The third-order valence-corrected chi connectivity index (χ3v) is 3.00. The van der Waals surface area contributed by atoms with E-state index in [1.807, 2.05) is 25.1 Å². The average molecular weight is 234 g/mol. The Hall–Kier alpha value is -1.55. The lowest BCUT2D eigenvalue weighted by atomic mass is 10.1. The minimum atomic E-state index is -0.0562. The van der Waals surface area contributed by atoms with Gasteiger partial charge in [0.15, 0.2) is 0 Å². The molecule has 17 heavy (non-hydrogen) atoms. The second kappa shape index (κ2) is 5.19. The van der Waals surface area contributed by atoms with Gasteiger partial charge in [-0.15, -0.1) is 0 Å². The maximum atomic E-state index is 12.1. The minimum absolute atomic E-state index is 0.0562. The molecule has 1 fully saturated rings. The van der Waals surface area contributed by atoms with Crippen LogP contribution in [0.3, 0.4) is 0 Å². The van der Waals surface area contributed by atoms with Crippen molar-refractivity contribution in [2.24, 2.45) is 0 Å². The quantitative estimate of drug-likeness (QED) is 0.823. The molecule has 0 radical (unpaired) electrons. The second-order valence-corrected chi connectivity index (χ2v) is 4.37. The van der Waals surface area contributed by atoms with Gasteiger partial charge in [-0.3, -0.25) is 4.79 Å². The van der Waals surface area contributed by atoms with Crippen molar-refractivity contribution < 1.29 is 9.53 Å². The summed E-state index contributed by atoms with van der Waals surface area (Å²) < 4.78 is 5.21. The average Bonchev–Trinajstić information content (AvgIpc) is 2.81. The first kappa shape index (κ1) is 11.9. The summed E-state index contributed by atoms with van der Waals surface area (Å²) in [5, 5.41) is 6.24. The van der Waals surface area contributed by atoms with Crippen molar-refractivity contribution in [3.63, 3.8) is 0 Å². The molecule has 0 bridgehead atoms. The molecule has 1 aromatic carbocycles. The summed E-state index contributed by atoms with van der Waals surface area (Å²) in [5.41, 5.74) is 1.67. The first-order valence-corrected chi connectivity index (χ1v) is 5.87. The SMILES string of the molecule is COc1ccc(C)cc1C(=O)N[C@H]1CCNC1. The molecule has 1 aromatic rings. The summed E-state index contributed by atoms with van der Waals surface area (Å²) in [7, 11) is 1.58. The van der Waals surface area contributed by atoms with E-state index in [9.17, 15) is 4.79 Å². The van der Waals surface area contributed by atoms with Crippen LogP contribution in [-0.4, -0.2) is 32.1 Å². The van der Waals surface area contributed by atoms with Crippen LogP contribution in [0.4, 0.5) is 0 Å². The van der Waals surface area contributed by atoms with E-state index in [2.05, 4.69) is 10.6 Å². The van der Waals surface area contributed by atoms with Gasteiger partial charge in [0.25, 0.3) is 5.91 Å². The highest BCUT2D eigenvalue weighted by Crippen LogP contribution is 2.19. The zero-order valence-electron chi connectivity index (χ0n) is 10.2. The van der Waals surface area contributed by atoms with Gasteiger partial charge in [-0.25, -0.2) is 0 Å². The number of hydrogen-bond donors (Lipinski definition) is 2. The van der Waals surface area contributed by atoms with Gasteiger partial charge in [-0.2, -0.15) is 0 Å². The van der Waals surface area contributed by atoms with E-state index in [4.69, 9.17) is 4.74 Å². The molecule has 0 spiro atoms. The number of carbonyl (C=O) groups excluding carboxylic acids is 1. The van der Waals surface area contributed by atoms with E-state index in [1.165, 1.54) is 0 Å². The molecule has 2 rings (SSSR count). The maximum Gasteiger partial charge on any atom is 0.255 e. The summed E-state index contributed by atoms with van der Waals surface area (Å²) in [6.45, 7) is 3.78. The van der Waals surface area contributed by atoms with E-state index >= 15 is 0 Å². The van der Waals surface area contributed by atoms with Crippen LogP contribution in [0, 0.1) is 6.92 Å². The van der Waals surface area contributed by atoms with Crippen molar-refractivity contribution >= 4 is 5.91 Å². The van der Waals surface area contributed by atoms with Gasteiger partial charge in [0.05, 0.1) is 12.7 Å². The Morgan fingerprint density at radius 3 is 3.00 bits per heavy atom. The van der Waals surface area contributed by atoms with Crippen molar-refractivity contribution in [1.82, 2.24) is 10.6 Å². The Morgan fingerprint density at radius 1 is 1.53 bits per heavy atom. The number of hydrogen-bond acceptors (Lipinski definition) is 3. The minimum Gasteiger partial charge on any atom is -0.496 e. The third kappa shape index (κ3) is 2.77. The lowest BCUT2D eigenvalue weighted by molar-refractivity contribution is 0.0937. The molecule has 1 heterocycles. The molecule has 0 saturated carbocycles. The lowest BCUT2D eigenvalue weighted by Crippen LogP contribution is -2.36. The fraction of sp³-hybridized carbons (Fsp3) is 0.462. The standard InChI is InChI=1S/C13H18N2O2/c1-9-3-4-12(17-2)11(7-9)13(16)15-10-5-6-14-8-10/h3-4,7,10,14H,5-6,8H2,1-2H3,(H,15,16)/t10-/m0/s1. The number of aryl methyl sites for hydroxylation is 1. The number of carbonyl (C=O) groups is 1. The molecular weight excluding hydrogens is 216 g/mol. The highest BCUT2D eigenvalue weighted by molar-refractivity contribution is 5.97. The molecule has 0 aliphatic carbocycles. The zero-order chi connectivity index (χ0) is 12.3. The Labute approximate surface area is 101 Å². The number of methoxy groups -OCH3 is 1. The Kier molecular flexibility index (Phi) is 3.64. The van der Waals surface area contributed by atoms with Crippen LogP contribution in [-0.2, 0) is 0 Å². The van der Waals surface area contributed by atoms with Gasteiger partial charge in [0.1, 0.15) is 5.75 Å². The van der Waals surface area contributed by atoms with Crippen LogP contribution in [0.15, 0.2) is 18.2 Å². The molecule has 4 nitrogen and oxygen atoms in total. The monoisotopic (exact) mass is 234 g/mol. The van der Waals surface area contributed by atoms with Crippen molar-refractivity contribution in [1.29, 1.82) is 0 Å². The zero-order valence-corrected chi connectivity index (χ0v) is 10.2. The molecular formula is C13H18N2O2. The van der Waals surface area contributed by atoms with Crippen LogP contribution in [0.25, 0.3) is 0 Å². The molecule has 4 heteroatoms. The topological polar surface area (TPSA) is 50.4 Å². The van der Waals surface area contributed by atoms with Gasteiger partial charge in [0, 0.05) is 12.6 Å². The first-order chi connectivity index (χ1) is 8.20. The smallest absolute Gasteiger partial charge is 0.255 e. The van der Waals surface area contributed by atoms with Crippen molar-refractivity contribution in [3.8, 4) is 5.75 Å². The summed E-state index contributed by atoms with van der Waals surface area (Å²) >= 11 is 0. The fourth-order valence-electron chi connectivity index (χ4n) is 2.04. The predicted octanol–water partition coefficient (Wildman–Crippen LogP) is 1.10. The molecule has 1 atom stereocenters. The lowest BCUT2D eigenvalue weighted by Gasteiger charge is -2.13. The number of benzene rings is 1. The van der Waals surface area contributed by atoms with E-state index in [1.54, 1.807) is 7.11 Å². The van der Waals surface area contributed by atoms with Crippen LogP contribution in [0.1, 0.15) is 22.3 Å². The van der Waals surface area contributed by atoms with Crippen LogP contribution >= 0.6 is 0 Å². The number of amides is 1. The number of rotatable bonds is 3. The number of ether oxygens (including phenoxy) is 1. The van der Waals surface area contributed by atoms with Gasteiger partial charge >= 0.3 is 0 Å². The van der Waals surface area contributed by atoms with Gasteiger partial charge in [-0.05, 0) is 32.0 Å². The largest absolute Gasteiger partial charge is 0.496 e. The van der Waals surface area contributed by atoms with Crippen molar-refractivity contribution in [3.05, 3.63) is 29.3 Å². The molecule has 92 valence electrons. The Balaban J connectivity index is 2.14. The fourth-order valence-corrected chi connectivity index (χ4v) is 2.04. The van der Waals surface area contributed by atoms with Crippen molar-refractivity contribution in [2.45, 2.75) is 19.4 Å². The second-order valence-electron chi connectivity index (χ2n) is 4.37. The molecule has 2 N–H and O–H groups in total. The Bertz CT molecular complexity index is 412. The van der Waals surface area contributed by atoms with Crippen molar-refractivity contribution in [2.75, 3.05) is 20.2 Å².